The van der Waals surface area contributed by atoms with E-state index in [1.807, 2.05) is 42.5 Å². The zero-order chi connectivity index (χ0) is 21.9. The van der Waals surface area contributed by atoms with Gasteiger partial charge in [-0.05, 0) is 30.7 Å². The second-order valence-corrected chi connectivity index (χ2v) is 8.02. The van der Waals surface area contributed by atoms with Crippen LogP contribution in [0.25, 0.3) is 22.3 Å². The van der Waals surface area contributed by atoms with Crippen LogP contribution >= 0.6 is 24.8 Å². The molecule has 4 heterocycles. The molecule has 3 N–H and O–H groups in total. The van der Waals surface area contributed by atoms with Gasteiger partial charge in [0.15, 0.2) is 5.82 Å². The monoisotopic (exact) mass is 499 g/mol. The van der Waals surface area contributed by atoms with Crippen molar-refractivity contribution in [2.24, 2.45) is 0 Å². The Kier molecular flexibility index (Phi) is 8.44. The van der Waals surface area contributed by atoms with Crippen LogP contribution in [0.15, 0.2) is 60.9 Å². The van der Waals surface area contributed by atoms with Gasteiger partial charge in [0.05, 0.1) is 17.4 Å². The molecule has 34 heavy (non-hydrogen) atoms. The summed E-state index contributed by atoms with van der Waals surface area (Å²) in [5, 5.41) is 27.1. The molecule has 1 atom stereocenters. The third kappa shape index (κ3) is 5.47. The molecule has 0 radical (unpaired) electrons. The summed E-state index contributed by atoms with van der Waals surface area (Å²) < 4.78 is 0. The lowest BCUT2D eigenvalue weighted by molar-refractivity contribution is 0.475. The van der Waals surface area contributed by atoms with Crippen molar-refractivity contribution >= 4 is 47.2 Å². The fourth-order valence-electron chi connectivity index (χ4n) is 4.02. The lowest BCUT2D eigenvalue weighted by Crippen LogP contribution is -2.49. The number of piperazine rings is 1. The molecule has 3 aromatic heterocycles. The maximum atomic E-state index is 10.6. The minimum Gasteiger partial charge on any atom is -0.506 e. The SMILES string of the molecule is CC1CN(c2ccc(-c3ncc(NCc4cccc5cccnc45)cc3O)nn2)CCN1.Cl.Cl. The van der Waals surface area contributed by atoms with Gasteiger partial charge in [0.2, 0.25) is 0 Å². The average molecular weight is 500 g/mol. The van der Waals surface area contributed by atoms with E-state index in [1.54, 1.807) is 18.5 Å². The molecule has 0 saturated carbocycles. The molecule has 0 spiro atoms. The summed E-state index contributed by atoms with van der Waals surface area (Å²) in [6, 6.07) is 15.9. The Morgan fingerprint density at radius 3 is 2.71 bits per heavy atom. The van der Waals surface area contributed by atoms with Crippen LogP contribution in [-0.4, -0.2) is 50.9 Å². The van der Waals surface area contributed by atoms with Gasteiger partial charge in [0.25, 0.3) is 0 Å². The van der Waals surface area contributed by atoms with Gasteiger partial charge in [-0.3, -0.25) is 4.98 Å². The zero-order valence-electron chi connectivity index (χ0n) is 18.7. The molecule has 1 aromatic carbocycles. The van der Waals surface area contributed by atoms with Crippen LogP contribution in [0.3, 0.4) is 0 Å². The van der Waals surface area contributed by atoms with Crippen molar-refractivity contribution in [3.8, 4) is 17.1 Å². The summed E-state index contributed by atoms with van der Waals surface area (Å²) in [5.41, 5.74) is 3.72. The van der Waals surface area contributed by atoms with Gasteiger partial charge in [-0.25, -0.2) is 4.98 Å². The van der Waals surface area contributed by atoms with E-state index in [-0.39, 0.29) is 30.6 Å². The lowest BCUT2D eigenvalue weighted by atomic mass is 10.1. The molecule has 4 aromatic rings. The standard InChI is InChI=1S/C24H25N7O.2ClH/c1-16-15-31(11-10-25-16)22-8-7-20(29-30-22)24-21(32)12-19(14-28-24)27-13-18-5-2-4-17-6-3-9-26-23(17)18;;/h2-9,12,14,16,25,27,32H,10-11,13,15H2,1H3;2*1H. The van der Waals surface area contributed by atoms with Gasteiger partial charge >= 0.3 is 0 Å². The summed E-state index contributed by atoms with van der Waals surface area (Å²) in [4.78, 5) is 11.1. The zero-order valence-corrected chi connectivity index (χ0v) is 20.3. The van der Waals surface area contributed by atoms with Gasteiger partial charge in [-0.2, -0.15) is 0 Å². The first kappa shape index (κ1) is 25.4. The van der Waals surface area contributed by atoms with Crippen molar-refractivity contribution in [2.45, 2.75) is 19.5 Å². The molecule has 8 nitrogen and oxygen atoms in total. The molecule has 0 bridgehead atoms. The quantitative estimate of drug-likeness (QED) is 0.378. The number of pyridine rings is 2. The summed E-state index contributed by atoms with van der Waals surface area (Å²) >= 11 is 0. The van der Waals surface area contributed by atoms with Gasteiger partial charge in [0.1, 0.15) is 17.1 Å². The maximum Gasteiger partial charge on any atom is 0.151 e. The summed E-state index contributed by atoms with van der Waals surface area (Å²) in [6.45, 7) is 5.45. The molecule has 178 valence electrons. The Hall–Kier alpha value is -3.20. The van der Waals surface area contributed by atoms with E-state index in [0.717, 1.165) is 47.6 Å². The summed E-state index contributed by atoms with van der Waals surface area (Å²) in [6.07, 6.45) is 3.49. The largest absolute Gasteiger partial charge is 0.506 e. The van der Waals surface area contributed by atoms with Gasteiger partial charge in [0, 0.05) is 49.9 Å². The first-order chi connectivity index (χ1) is 15.7. The first-order valence-electron chi connectivity index (χ1n) is 10.8. The highest BCUT2D eigenvalue weighted by Crippen LogP contribution is 2.28. The highest BCUT2D eigenvalue weighted by atomic mass is 35.5. The fourth-order valence-corrected chi connectivity index (χ4v) is 4.02. The number of hydrogen-bond donors (Lipinski definition) is 3. The number of halogens is 2. The van der Waals surface area contributed by atoms with Crippen molar-refractivity contribution in [1.82, 2.24) is 25.5 Å². The fraction of sp³-hybridized carbons (Fsp3) is 0.250. The number of aromatic nitrogens is 4. The Labute approximate surface area is 210 Å². The summed E-state index contributed by atoms with van der Waals surface area (Å²) in [5.74, 6) is 0.896. The van der Waals surface area contributed by atoms with E-state index in [9.17, 15) is 5.11 Å². The van der Waals surface area contributed by atoms with Gasteiger partial charge in [-0.15, -0.1) is 35.0 Å². The van der Waals surface area contributed by atoms with E-state index in [2.05, 4.69) is 42.6 Å². The van der Waals surface area contributed by atoms with E-state index < -0.39 is 0 Å². The van der Waals surface area contributed by atoms with E-state index >= 15 is 0 Å². The van der Waals surface area contributed by atoms with Gasteiger partial charge in [-0.1, -0.05) is 24.3 Å². The van der Waals surface area contributed by atoms with E-state index in [4.69, 9.17) is 0 Å². The minimum absolute atomic E-state index is 0. The van der Waals surface area contributed by atoms with Crippen molar-refractivity contribution in [3.63, 3.8) is 0 Å². The van der Waals surface area contributed by atoms with Crippen LogP contribution in [0.4, 0.5) is 11.5 Å². The van der Waals surface area contributed by atoms with Crippen LogP contribution in [0.5, 0.6) is 5.75 Å². The number of nitrogens with zero attached hydrogens (tertiary/aromatic N) is 5. The number of fused-ring (bicyclic) bond motifs is 1. The minimum atomic E-state index is 0. The topological polar surface area (TPSA) is 99.1 Å². The molecule has 0 aliphatic carbocycles. The average Bonchev–Trinajstić information content (AvgIpc) is 2.83. The molecule has 0 amide bonds. The number of nitrogens with one attached hydrogen (secondary N) is 2. The van der Waals surface area contributed by atoms with E-state index in [0.29, 0.717) is 24.0 Å². The van der Waals surface area contributed by atoms with Crippen molar-refractivity contribution in [3.05, 3.63) is 66.5 Å². The molecule has 1 unspecified atom stereocenters. The van der Waals surface area contributed by atoms with Crippen molar-refractivity contribution in [1.29, 1.82) is 0 Å². The molecule has 1 fully saturated rings. The highest BCUT2D eigenvalue weighted by molar-refractivity contribution is 5.85. The number of rotatable bonds is 5. The normalized spacial score (nSPS) is 15.3. The lowest BCUT2D eigenvalue weighted by Gasteiger charge is -2.32. The second kappa shape index (κ2) is 11.3. The second-order valence-electron chi connectivity index (χ2n) is 8.02. The molecule has 1 saturated heterocycles. The van der Waals surface area contributed by atoms with Crippen LogP contribution in [-0.2, 0) is 6.54 Å². The molecule has 1 aliphatic rings. The molecule has 5 rings (SSSR count). The predicted molar refractivity (Wildman–Crippen MR) is 140 cm³/mol. The molecule has 1 aliphatic heterocycles. The molecular formula is C24H27Cl2N7O. The van der Waals surface area contributed by atoms with Crippen LogP contribution in [0, 0.1) is 0 Å². The predicted octanol–water partition coefficient (Wildman–Crippen LogP) is 4.05. The molecular weight excluding hydrogens is 473 g/mol. The molecule has 10 heteroatoms. The van der Waals surface area contributed by atoms with E-state index in [1.165, 1.54) is 0 Å². The summed E-state index contributed by atoms with van der Waals surface area (Å²) in [7, 11) is 0. The first-order valence-corrected chi connectivity index (χ1v) is 10.8. The Morgan fingerprint density at radius 2 is 1.94 bits per heavy atom. The smallest absolute Gasteiger partial charge is 0.151 e. The van der Waals surface area contributed by atoms with Crippen LogP contribution in [0.1, 0.15) is 12.5 Å². The van der Waals surface area contributed by atoms with Crippen molar-refractivity contribution in [2.75, 3.05) is 29.9 Å². The third-order valence-corrected chi connectivity index (χ3v) is 5.65. The Morgan fingerprint density at radius 1 is 1.09 bits per heavy atom. The van der Waals surface area contributed by atoms with Crippen LogP contribution in [0.2, 0.25) is 0 Å². The van der Waals surface area contributed by atoms with Gasteiger partial charge < -0.3 is 20.6 Å². The number of aromatic hydroxyl groups is 1. The highest BCUT2D eigenvalue weighted by Gasteiger charge is 2.18. The third-order valence-electron chi connectivity index (χ3n) is 5.65. The van der Waals surface area contributed by atoms with Crippen LogP contribution < -0.4 is 15.5 Å². The Bertz CT molecular complexity index is 1230. The number of hydrogen-bond acceptors (Lipinski definition) is 8. The Balaban J connectivity index is 0.00000162. The number of para-hydroxylation sites is 1. The number of benzene rings is 1. The number of anilines is 2. The van der Waals surface area contributed by atoms with Crippen molar-refractivity contribution < 1.29 is 5.11 Å². The maximum absolute atomic E-state index is 10.6.